The number of ether oxygens (including phenoxy) is 3. The van der Waals surface area contributed by atoms with Crippen molar-refractivity contribution in [2.45, 2.75) is 0 Å². The summed E-state index contributed by atoms with van der Waals surface area (Å²) in [5.74, 6) is -0.187. The van der Waals surface area contributed by atoms with Gasteiger partial charge in [0.1, 0.15) is 0 Å². The highest BCUT2D eigenvalue weighted by molar-refractivity contribution is 5.23. The van der Waals surface area contributed by atoms with Crippen molar-refractivity contribution in [1.82, 2.24) is 0 Å². The fourth-order valence-corrected chi connectivity index (χ4v) is 0.868. The molecule has 0 aliphatic heterocycles. The van der Waals surface area contributed by atoms with E-state index in [1.807, 2.05) is 0 Å². The zero-order chi connectivity index (χ0) is 10.2. The minimum atomic E-state index is -0.386. The van der Waals surface area contributed by atoms with E-state index in [4.69, 9.17) is 14.2 Å². The van der Waals surface area contributed by atoms with Crippen molar-refractivity contribution in [2.24, 2.45) is 0 Å². The Morgan fingerprint density at radius 2 is 2.00 bits per heavy atom. The van der Waals surface area contributed by atoms with Crippen LogP contribution in [0.4, 0.5) is 4.39 Å². The Balaban J connectivity index is 2.21. The smallest absolute Gasteiger partial charge is 0.189 e. The molecule has 1 rings (SSSR count). The molecule has 0 amide bonds. The highest BCUT2D eigenvalue weighted by Gasteiger charge is 1.99. The summed E-state index contributed by atoms with van der Waals surface area (Å²) in [4.78, 5) is 0. The Bertz CT molecular complexity index is 265. The third-order valence-corrected chi connectivity index (χ3v) is 1.57. The topological polar surface area (TPSA) is 27.7 Å². The van der Waals surface area contributed by atoms with E-state index in [0.717, 1.165) is 0 Å². The molecule has 0 fully saturated rings. The molecule has 3 nitrogen and oxygen atoms in total. The molecule has 0 spiro atoms. The lowest BCUT2D eigenvalue weighted by molar-refractivity contribution is -0.0100. The van der Waals surface area contributed by atoms with E-state index < -0.39 is 0 Å². The Labute approximate surface area is 82.4 Å². The van der Waals surface area contributed by atoms with Crippen LogP contribution in [0.15, 0.2) is 24.3 Å². The second kappa shape index (κ2) is 6.34. The van der Waals surface area contributed by atoms with Gasteiger partial charge in [-0.25, -0.2) is 4.39 Å². The van der Waals surface area contributed by atoms with E-state index in [-0.39, 0.29) is 18.4 Å². The highest BCUT2D eigenvalue weighted by Crippen LogP contribution is 2.14. The standard InChI is InChI=1S/C10H13FO3/c1-12-6-7-13-8-14-10-5-3-2-4-9(10)11/h2-5H,6-8H2,1H3. The fourth-order valence-electron chi connectivity index (χ4n) is 0.868. The van der Waals surface area contributed by atoms with E-state index in [9.17, 15) is 4.39 Å². The van der Waals surface area contributed by atoms with Gasteiger partial charge in [0.15, 0.2) is 18.4 Å². The summed E-state index contributed by atoms with van der Waals surface area (Å²) in [5, 5.41) is 0. The monoisotopic (exact) mass is 200 g/mol. The molecule has 4 heteroatoms. The van der Waals surface area contributed by atoms with Gasteiger partial charge in [-0.2, -0.15) is 0 Å². The highest BCUT2D eigenvalue weighted by atomic mass is 19.1. The molecule has 0 bridgehead atoms. The zero-order valence-corrected chi connectivity index (χ0v) is 8.03. The normalized spacial score (nSPS) is 10.1. The van der Waals surface area contributed by atoms with Crippen LogP contribution < -0.4 is 4.74 Å². The first-order valence-corrected chi connectivity index (χ1v) is 4.28. The summed E-state index contributed by atoms with van der Waals surface area (Å²) in [5.41, 5.74) is 0. The van der Waals surface area contributed by atoms with Gasteiger partial charge in [-0.05, 0) is 12.1 Å². The van der Waals surface area contributed by atoms with Crippen LogP contribution in [0.25, 0.3) is 0 Å². The lowest BCUT2D eigenvalue weighted by Crippen LogP contribution is -2.08. The van der Waals surface area contributed by atoms with Crippen LogP contribution in [-0.2, 0) is 9.47 Å². The molecule has 0 aliphatic rings. The summed E-state index contributed by atoms with van der Waals surface area (Å²) < 4.78 is 27.8. The minimum absolute atomic E-state index is 0.0320. The van der Waals surface area contributed by atoms with E-state index in [0.29, 0.717) is 13.2 Å². The van der Waals surface area contributed by atoms with Gasteiger partial charge >= 0.3 is 0 Å². The number of methoxy groups -OCH3 is 1. The Morgan fingerprint density at radius 1 is 1.21 bits per heavy atom. The van der Waals surface area contributed by atoms with E-state index in [2.05, 4.69) is 0 Å². The molecule has 0 unspecified atom stereocenters. The molecule has 0 heterocycles. The van der Waals surface area contributed by atoms with Crippen molar-refractivity contribution < 1.29 is 18.6 Å². The molecule has 0 saturated heterocycles. The predicted octanol–water partition coefficient (Wildman–Crippen LogP) is 1.83. The maximum Gasteiger partial charge on any atom is 0.189 e. The molecular weight excluding hydrogens is 187 g/mol. The third-order valence-electron chi connectivity index (χ3n) is 1.57. The summed E-state index contributed by atoms with van der Waals surface area (Å²) in [6.45, 7) is 0.968. The molecule has 78 valence electrons. The quantitative estimate of drug-likeness (QED) is 0.518. The van der Waals surface area contributed by atoms with Gasteiger partial charge in [-0.15, -0.1) is 0 Å². The number of rotatable bonds is 6. The average molecular weight is 200 g/mol. The Hall–Kier alpha value is -1.13. The zero-order valence-electron chi connectivity index (χ0n) is 8.03. The van der Waals surface area contributed by atoms with E-state index >= 15 is 0 Å². The summed E-state index contributed by atoms with van der Waals surface area (Å²) in [6.07, 6.45) is 0. The van der Waals surface area contributed by atoms with Crippen molar-refractivity contribution in [2.75, 3.05) is 27.1 Å². The van der Waals surface area contributed by atoms with Crippen LogP contribution in [0.5, 0.6) is 5.75 Å². The van der Waals surface area contributed by atoms with Gasteiger partial charge in [0.25, 0.3) is 0 Å². The molecule has 0 radical (unpaired) electrons. The Kier molecular flexibility index (Phi) is 4.96. The maximum absolute atomic E-state index is 13.0. The van der Waals surface area contributed by atoms with Gasteiger partial charge in [-0.3, -0.25) is 0 Å². The number of para-hydroxylation sites is 1. The number of halogens is 1. The fraction of sp³-hybridized carbons (Fsp3) is 0.400. The molecular formula is C10H13FO3. The first kappa shape index (κ1) is 10.9. The molecule has 14 heavy (non-hydrogen) atoms. The van der Waals surface area contributed by atoms with Gasteiger partial charge < -0.3 is 14.2 Å². The van der Waals surface area contributed by atoms with Gasteiger partial charge in [-0.1, -0.05) is 12.1 Å². The summed E-state index contributed by atoms with van der Waals surface area (Å²) >= 11 is 0. The molecule has 0 N–H and O–H groups in total. The number of hydrogen-bond donors (Lipinski definition) is 0. The van der Waals surface area contributed by atoms with E-state index in [1.54, 1.807) is 25.3 Å². The second-order valence-corrected chi connectivity index (χ2v) is 2.59. The number of benzene rings is 1. The van der Waals surface area contributed by atoms with Crippen LogP contribution in [0.1, 0.15) is 0 Å². The van der Waals surface area contributed by atoms with Crippen molar-refractivity contribution in [1.29, 1.82) is 0 Å². The average Bonchev–Trinajstić information content (AvgIpc) is 2.20. The summed E-state index contributed by atoms with van der Waals surface area (Å²) in [7, 11) is 1.58. The predicted molar refractivity (Wildman–Crippen MR) is 49.7 cm³/mol. The van der Waals surface area contributed by atoms with Gasteiger partial charge in [0, 0.05) is 7.11 Å². The van der Waals surface area contributed by atoms with Crippen molar-refractivity contribution >= 4 is 0 Å². The SMILES string of the molecule is COCCOCOc1ccccc1F. The maximum atomic E-state index is 13.0. The van der Waals surface area contributed by atoms with Crippen LogP contribution >= 0.6 is 0 Å². The molecule has 0 saturated carbocycles. The molecule has 1 aromatic carbocycles. The first-order chi connectivity index (χ1) is 6.84. The van der Waals surface area contributed by atoms with Crippen molar-refractivity contribution in [3.63, 3.8) is 0 Å². The Morgan fingerprint density at radius 3 is 2.71 bits per heavy atom. The van der Waals surface area contributed by atoms with Crippen LogP contribution in [0, 0.1) is 5.82 Å². The molecule has 1 aromatic rings. The molecule has 0 aliphatic carbocycles. The molecule has 0 atom stereocenters. The lowest BCUT2D eigenvalue weighted by Gasteiger charge is -2.07. The van der Waals surface area contributed by atoms with Crippen LogP contribution in [0.3, 0.4) is 0 Å². The van der Waals surface area contributed by atoms with Crippen LogP contribution in [-0.4, -0.2) is 27.1 Å². The van der Waals surface area contributed by atoms with Crippen molar-refractivity contribution in [3.8, 4) is 5.75 Å². The van der Waals surface area contributed by atoms with E-state index in [1.165, 1.54) is 6.07 Å². The van der Waals surface area contributed by atoms with Gasteiger partial charge in [0.05, 0.1) is 13.2 Å². The minimum Gasteiger partial charge on any atom is -0.464 e. The second-order valence-electron chi connectivity index (χ2n) is 2.59. The third kappa shape index (κ3) is 3.72. The van der Waals surface area contributed by atoms with Crippen LogP contribution in [0.2, 0.25) is 0 Å². The molecule has 0 aromatic heterocycles. The summed E-state index contributed by atoms with van der Waals surface area (Å²) in [6, 6.07) is 6.20. The van der Waals surface area contributed by atoms with Gasteiger partial charge in [0.2, 0.25) is 0 Å². The first-order valence-electron chi connectivity index (χ1n) is 4.28. The number of hydrogen-bond acceptors (Lipinski definition) is 3. The largest absolute Gasteiger partial charge is 0.464 e. The lowest BCUT2D eigenvalue weighted by atomic mass is 10.3. The van der Waals surface area contributed by atoms with Crippen molar-refractivity contribution in [3.05, 3.63) is 30.1 Å².